The van der Waals surface area contributed by atoms with Crippen molar-refractivity contribution >= 4 is 38.4 Å². The van der Waals surface area contributed by atoms with E-state index in [0.29, 0.717) is 11.6 Å². The van der Waals surface area contributed by atoms with Crippen LogP contribution in [0.25, 0.3) is 162 Å². The first-order valence-electron chi connectivity index (χ1n) is 39.5. The van der Waals surface area contributed by atoms with Crippen molar-refractivity contribution in [3.63, 3.8) is 0 Å². The van der Waals surface area contributed by atoms with E-state index in [2.05, 4.69) is 352 Å². The smallest absolute Gasteiger partial charge is 0.160 e. The summed E-state index contributed by atoms with van der Waals surface area (Å²) >= 11 is 0. The molecular formula is C109H66N4O2. The van der Waals surface area contributed by atoms with Gasteiger partial charge in [-0.2, -0.15) is 0 Å². The molecule has 19 aromatic rings. The zero-order valence-corrected chi connectivity index (χ0v) is 62.3. The Hall–Kier alpha value is -15.0. The Balaban J connectivity index is 0.548. The number of hydrogen-bond acceptors (Lipinski definition) is 6. The lowest BCUT2D eigenvalue weighted by Gasteiger charge is -2.40. The number of hydrogen-bond donors (Lipinski definition) is 0. The van der Waals surface area contributed by atoms with Crippen molar-refractivity contribution in [2.45, 2.75) is 17.3 Å². The highest BCUT2D eigenvalue weighted by molar-refractivity contribution is 6.10. The first kappa shape index (κ1) is 64.8. The molecule has 24 rings (SSSR count). The largest absolute Gasteiger partial charge is 0.457 e. The van der Waals surface area contributed by atoms with Gasteiger partial charge in [0, 0.05) is 55.6 Å². The number of allylic oxidation sites excluding steroid dienone is 1. The van der Waals surface area contributed by atoms with Gasteiger partial charge in [-0.1, -0.05) is 315 Å². The van der Waals surface area contributed by atoms with Crippen LogP contribution in [0.2, 0.25) is 0 Å². The summed E-state index contributed by atoms with van der Waals surface area (Å²) in [5, 5.41) is 7.17. The Morgan fingerprint density at radius 3 is 1.17 bits per heavy atom. The molecular weight excluding hydrogens is 1400 g/mol. The van der Waals surface area contributed by atoms with E-state index in [0.717, 1.165) is 152 Å². The number of ether oxygens (including phenoxy) is 2. The Morgan fingerprint density at radius 2 is 0.617 bits per heavy atom. The number of rotatable bonds is 9. The molecule has 0 bridgehead atoms. The zero-order chi connectivity index (χ0) is 75.5. The Labute approximate surface area is 665 Å². The van der Waals surface area contributed by atoms with Crippen molar-refractivity contribution in [2.24, 2.45) is 0 Å². The summed E-state index contributed by atoms with van der Waals surface area (Å²) < 4.78 is 14.1. The van der Waals surface area contributed by atoms with Gasteiger partial charge < -0.3 is 9.47 Å². The highest BCUT2D eigenvalue weighted by Crippen LogP contribution is 2.65. The molecule has 534 valence electrons. The third kappa shape index (κ3) is 9.95. The van der Waals surface area contributed by atoms with E-state index < -0.39 is 10.8 Å². The van der Waals surface area contributed by atoms with Crippen LogP contribution in [-0.2, 0) is 17.3 Å². The van der Waals surface area contributed by atoms with Crippen LogP contribution in [0.1, 0.15) is 55.6 Å². The van der Waals surface area contributed by atoms with Crippen LogP contribution in [0.5, 0.6) is 23.0 Å². The van der Waals surface area contributed by atoms with Crippen molar-refractivity contribution in [2.75, 3.05) is 0 Å². The van der Waals surface area contributed by atoms with E-state index in [9.17, 15) is 0 Å². The maximum Gasteiger partial charge on any atom is 0.160 e. The number of aromatic nitrogens is 4. The molecule has 115 heavy (non-hydrogen) atoms. The summed E-state index contributed by atoms with van der Waals surface area (Å²) in [6.07, 6.45) is 5.45. The van der Waals surface area contributed by atoms with Gasteiger partial charge in [-0.15, -0.1) is 0 Å². The summed E-state index contributed by atoms with van der Waals surface area (Å²) in [5.74, 6) is 4.79. The van der Waals surface area contributed by atoms with Crippen LogP contribution >= 0.6 is 0 Å². The second kappa shape index (κ2) is 25.3. The normalized spacial score (nSPS) is 13.6. The lowest BCUT2D eigenvalue weighted by atomic mass is 9.65. The Bertz CT molecular complexity index is 7280. The molecule has 0 N–H and O–H groups in total. The third-order valence-corrected chi connectivity index (χ3v) is 24.8. The summed E-state index contributed by atoms with van der Waals surface area (Å²) in [4.78, 5) is 21.1. The molecule has 2 spiro atoms. The molecule has 0 atom stereocenters. The standard InChI is InChI=1S/C109H66N4O2/c1-3-19-71(20-4-1)106-110-97(68-41-37-66(38-42-68)74-50-55-102-95(61-74)108(93-35-15-16-36-101(93)114-102)89-31-11-7-27-85(89)86-28-8-12-32-90(86)108)64-99(112-106)79-48-53-84-78(58-79)46-45-77-57-73(47-52-83(77)84)76-49-54-94-104(63-76)115-103-56-51-75(62-96(103)109(94)91-33-13-9-29-87(91)88-30-10-14-34-92(88)109)67-39-43-69(44-40-67)98-65-100(113-107(111-98)72-21-5-2-6-22-72)82-59-80-25-17-23-70-24-18-26-81(60-82)105(70)80/h1-23,25-65H,24H2. The van der Waals surface area contributed by atoms with Crippen molar-refractivity contribution in [1.82, 2.24) is 19.9 Å². The maximum absolute atomic E-state index is 7.27. The van der Waals surface area contributed by atoms with Gasteiger partial charge in [0.15, 0.2) is 11.6 Å². The van der Waals surface area contributed by atoms with Gasteiger partial charge in [0.05, 0.1) is 33.6 Å². The molecule has 0 saturated heterocycles. The Kier molecular flexibility index (Phi) is 14.2. The predicted molar refractivity (Wildman–Crippen MR) is 467 cm³/mol. The first-order chi connectivity index (χ1) is 56.9. The lowest BCUT2D eigenvalue weighted by Crippen LogP contribution is -2.32. The molecule has 3 aliphatic carbocycles. The number of para-hydroxylation sites is 1. The molecule has 0 radical (unpaired) electrons. The van der Waals surface area contributed by atoms with Crippen LogP contribution in [0.15, 0.2) is 382 Å². The summed E-state index contributed by atoms with van der Waals surface area (Å²) in [5.41, 5.74) is 31.9. The van der Waals surface area contributed by atoms with Crippen LogP contribution < -0.4 is 9.47 Å². The average Bonchev–Trinajstić information content (AvgIpc) is 1.55. The fourth-order valence-electron chi connectivity index (χ4n) is 19.6. The predicted octanol–water partition coefficient (Wildman–Crippen LogP) is 27.2. The highest BCUT2D eigenvalue weighted by atomic mass is 16.5. The van der Waals surface area contributed by atoms with E-state index in [4.69, 9.17) is 29.4 Å². The molecule has 6 heteroatoms. The van der Waals surface area contributed by atoms with E-state index >= 15 is 0 Å². The molecule has 2 aliphatic heterocycles. The van der Waals surface area contributed by atoms with Gasteiger partial charge in [-0.25, -0.2) is 19.9 Å². The zero-order valence-electron chi connectivity index (χ0n) is 62.3. The molecule has 4 heterocycles. The van der Waals surface area contributed by atoms with Crippen molar-refractivity contribution in [1.29, 1.82) is 0 Å². The van der Waals surface area contributed by atoms with Crippen molar-refractivity contribution in [3.8, 4) is 146 Å². The quantitative estimate of drug-likeness (QED) is 0.134. The van der Waals surface area contributed by atoms with Gasteiger partial charge in [0.25, 0.3) is 0 Å². The second-order valence-corrected chi connectivity index (χ2v) is 31.0. The van der Waals surface area contributed by atoms with Crippen LogP contribution in [0, 0.1) is 0 Å². The van der Waals surface area contributed by atoms with Crippen LogP contribution in [0.3, 0.4) is 0 Å². The van der Waals surface area contributed by atoms with Gasteiger partial charge in [-0.3, -0.25) is 0 Å². The minimum atomic E-state index is -0.671. The third-order valence-electron chi connectivity index (χ3n) is 24.8. The van der Waals surface area contributed by atoms with Gasteiger partial charge >= 0.3 is 0 Å². The molecule has 0 fully saturated rings. The summed E-state index contributed by atoms with van der Waals surface area (Å²) in [7, 11) is 0. The van der Waals surface area contributed by atoms with Crippen LogP contribution in [-0.4, -0.2) is 19.9 Å². The number of fused-ring (bicyclic) bond motifs is 21. The fraction of sp³-hybridized carbons (Fsp3) is 0.0275. The molecule has 2 aromatic heterocycles. The Morgan fingerprint density at radius 1 is 0.226 bits per heavy atom. The monoisotopic (exact) mass is 1460 g/mol. The maximum atomic E-state index is 7.27. The van der Waals surface area contributed by atoms with E-state index in [-0.39, 0.29) is 0 Å². The van der Waals surface area contributed by atoms with E-state index in [1.165, 1.54) is 77.2 Å². The molecule has 0 saturated carbocycles. The van der Waals surface area contributed by atoms with E-state index in [1.54, 1.807) is 0 Å². The van der Waals surface area contributed by atoms with Crippen molar-refractivity contribution < 1.29 is 9.47 Å². The van der Waals surface area contributed by atoms with Gasteiger partial charge in [-0.05, 0) is 201 Å². The minimum Gasteiger partial charge on any atom is -0.457 e. The number of benzene rings is 17. The lowest BCUT2D eigenvalue weighted by molar-refractivity contribution is 0.436. The van der Waals surface area contributed by atoms with E-state index in [1.807, 2.05) is 36.4 Å². The molecule has 0 unspecified atom stereocenters. The number of nitrogens with zero attached hydrogens (tertiary/aromatic N) is 4. The molecule has 0 amide bonds. The van der Waals surface area contributed by atoms with Gasteiger partial charge in [0.2, 0.25) is 0 Å². The molecule has 17 aromatic carbocycles. The fourth-order valence-corrected chi connectivity index (χ4v) is 19.6. The summed E-state index contributed by atoms with van der Waals surface area (Å²) in [6.45, 7) is 0. The minimum absolute atomic E-state index is 0.550. The second-order valence-electron chi connectivity index (χ2n) is 31.0. The molecule has 5 aliphatic rings. The van der Waals surface area contributed by atoms with Crippen molar-refractivity contribution in [3.05, 3.63) is 438 Å². The average molecular weight is 1460 g/mol. The summed E-state index contributed by atoms with van der Waals surface area (Å²) in [6, 6.07) is 136. The first-order valence-corrected chi connectivity index (χ1v) is 39.5. The molecule has 6 nitrogen and oxygen atoms in total. The van der Waals surface area contributed by atoms with Crippen LogP contribution in [0.4, 0.5) is 0 Å². The van der Waals surface area contributed by atoms with Gasteiger partial charge in [0.1, 0.15) is 23.0 Å². The SMILES string of the molecule is C1=Cc2cc(-c3cc(-c4ccc(-c5ccc6c(c5)C5(c7ccc(-c8ccc9c(ccc%10cc(-c%11cc(-c%12ccc(-c%13ccc%14c(c%13)C%13(c%15ccccc%15O%14)c%14ccccc%14-c%14ccccc%14%13)cc%12)nc(-c%12ccccc%12)n%11)ccc%109)c8)cc7O6)c6ccccc6-c6ccccc65)cc4)nc(-c4ccccc4)n3)cc3cccc(c23)C1. The topological polar surface area (TPSA) is 70.0 Å². The highest BCUT2D eigenvalue weighted by Gasteiger charge is 2.53.